The number of morpholine rings is 1. The van der Waals surface area contributed by atoms with Gasteiger partial charge < -0.3 is 32.2 Å². The molecule has 3 aliphatic heterocycles. The van der Waals surface area contributed by atoms with E-state index in [1.807, 2.05) is 0 Å². The molecule has 0 radical (unpaired) electrons. The van der Waals surface area contributed by atoms with Crippen molar-refractivity contribution in [3.8, 4) is 0 Å². The van der Waals surface area contributed by atoms with E-state index < -0.39 is 0 Å². The first-order valence-corrected chi connectivity index (χ1v) is 14.0. The van der Waals surface area contributed by atoms with Gasteiger partial charge in [0.15, 0.2) is 0 Å². The zero-order valence-corrected chi connectivity index (χ0v) is 21.6. The third-order valence-electron chi connectivity index (χ3n) is 5.97. The van der Waals surface area contributed by atoms with Crippen molar-refractivity contribution >= 4 is 0 Å². The lowest BCUT2D eigenvalue weighted by molar-refractivity contribution is 0.109. The molecular weight excluding hydrogens is 398 g/mol. The second-order valence-electron chi connectivity index (χ2n) is 9.23. The topological polar surface area (TPSA) is 97.4 Å². The van der Waals surface area contributed by atoms with Crippen LogP contribution in [0.1, 0.15) is 103 Å². The average Bonchev–Trinajstić information content (AvgIpc) is 2.90. The van der Waals surface area contributed by atoms with E-state index in [1.165, 1.54) is 122 Å². The van der Waals surface area contributed by atoms with Gasteiger partial charge in [-0.2, -0.15) is 0 Å². The molecule has 6 heteroatoms. The molecule has 1 saturated carbocycles. The first-order chi connectivity index (χ1) is 15.8. The summed E-state index contributed by atoms with van der Waals surface area (Å²) in [4.78, 5) is 0. The minimum atomic E-state index is 0.536. The number of unbranched alkanes of at least 4 members (excludes halogenated alkanes) is 3. The van der Waals surface area contributed by atoms with E-state index in [4.69, 9.17) is 16.2 Å². The van der Waals surface area contributed by atoms with Crippen LogP contribution in [-0.4, -0.2) is 65.1 Å². The Morgan fingerprint density at radius 3 is 1.31 bits per heavy atom. The summed E-state index contributed by atoms with van der Waals surface area (Å²) in [6, 6.07) is 0.536. The van der Waals surface area contributed by atoms with E-state index in [2.05, 4.69) is 22.9 Å². The second-order valence-corrected chi connectivity index (χ2v) is 9.23. The molecule has 194 valence electrons. The maximum absolute atomic E-state index is 5.63. The Morgan fingerprint density at radius 2 is 1.09 bits per heavy atom. The molecule has 0 bridgehead atoms. The van der Waals surface area contributed by atoms with Gasteiger partial charge in [0.1, 0.15) is 0 Å². The maximum atomic E-state index is 5.63. The van der Waals surface area contributed by atoms with Crippen molar-refractivity contribution in [3.63, 3.8) is 0 Å². The summed E-state index contributed by atoms with van der Waals surface area (Å²) >= 11 is 0. The highest BCUT2D eigenvalue weighted by Gasteiger charge is 2.06. The van der Waals surface area contributed by atoms with Crippen LogP contribution in [0, 0.1) is 0 Å². The van der Waals surface area contributed by atoms with Gasteiger partial charge >= 0.3 is 0 Å². The van der Waals surface area contributed by atoms with Gasteiger partial charge in [0.2, 0.25) is 0 Å². The molecule has 0 atom stereocenters. The van der Waals surface area contributed by atoms with Gasteiger partial charge in [-0.1, -0.05) is 58.3 Å². The smallest absolute Gasteiger partial charge is 0.0591 e. The van der Waals surface area contributed by atoms with Crippen molar-refractivity contribution in [1.82, 2.24) is 16.0 Å². The predicted molar refractivity (Wildman–Crippen MR) is 141 cm³/mol. The Kier molecular flexibility index (Phi) is 28.6. The van der Waals surface area contributed by atoms with Crippen LogP contribution < -0.4 is 27.4 Å². The Labute approximate surface area is 200 Å². The molecule has 0 spiro atoms. The number of hydrogen-bond acceptors (Lipinski definition) is 6. The van der Waals surface area contributed by atoms with Crippen molar-refractivity contribution in [2.75, 3.05) is 59.0 Å². The molecular formula is C26H59N5O. The molecule has 0 aromatic heterocycles. The highest BCUT2D eigenvalue weighted by Crippen LogP contribution is 2.14. The van der Waals surface area contributed by atoms with Crippen molar-refractivity contribution in [2.24, 2.45) is 11.5 Å². The van der Waals surface area contributed by atoms with Gasteiger partial charge in [0, 0.05) is 19.1 Å². The lowest BCUT2D eigenvalue weighted by Gasteiger charge is -2.15. The molecule has 0 unspecified atom stereocenters. The van der Waals surface area contributed by atoms with Crippen LogP contribution in [0.5, 0.6) is 0 Å². The van der Waals surface area contributed by atoms with E-state index in [-0.39, 0.29) is 0 Å². The molecule has 6 nitrogen and oxygen atoms in total. The van der Waals surface area contributed by atoms with Gasteiger partial charge in [0.25, 0.3) is 0 Å². The largest absolute Gasteiger partial charge is 0.379 e. The van der Waals surface area contributed by atoms with Gasteiger partial charge in [-0.15, -0.1) is 0 Å². The summed E-state index contributed by atoms with van der Waals surface area (Å²) in [6.45, 7) is 11.9. The van der Waals surface area contributed by atoms with E-state index in [1.54, 1.807) is 0 Å². The van der Waals surface area contributed by atoms with Crippen LogP contribution in [0.3, 0.4) is 0 Å². The van der Waals surface area contributed by atoms with Crippen LogP contribution >= 0.6 is 0 Å². The second kappa shape index (κ2) is 28.8. The molecule has 4 aliphatic rings. The molecule has 0 aromatic carbocycles. The predicted octanol–water partition coefficient (Wildman–Crippen LogP) is 3.93. The molecule has 0 amide bonds. The minimum Gasteiger partial charge on any atom is -0.379 e. The normalized spacial score (nSPS) is 21.1. The summed E-state index contributed by atoms with van der Waals surface area (Å²) in [7, 11) is 0. The fourth-order valence-corrected chi connectivity index (χ4v) is 3.82. The standard InChI is InChI=1S/C6H13N.C6H15N.2C5H11N.C4H9NO/c7-6-4-2-1-3-5-6;1-2-3-4-5-6-7;2*1-2-4-6-5-3-1;1-3-6-4-2-5-1/h6H,1-5,7H2;2-7H2,1H3;2*6H,1-5H2;5H,1-4H2. The summed E-state index contributed by atoms with van der Waals surface area (Å²) in [5.41, 5.74) is 10.9. The highest BCUT2D eigenvalue weighted by atomic mass is 16.5. The van der Waals surface area contributed by atoms with Crippen molar-refractivity contribution in [3.05, 3.63) is 0 Å². The molecule has 7 N–H and O–H groups in total. The molecule has 3 heterocycles. The van der Waals surface area contributed by atoms with E-state index >= 15 is 0 Å². The van der Waals surface area contributed by atoms with Crippen LogP contribution in [0.15, 0.2) is 0 Å². The maximum Gasteiger partial charge on any atom is 0.0591 e. The molecule has 3 saturated heterocycles. The summed E-state index contributed by atoms with van der Waals surface area (Å²) < 4.78 is 5.01. The minimum absolute atomic E-state index is 0.536. The Morgan fingerprint density at radius 1 is 0.625 bits per heavy atom. The van der Waals surface area contributed by atoms with Crippen molar-refractivity contribution < 1.29 is 4.74 Å². The number of ether oxygens (including phenoxy) is 1. The van der Waals surface area contributed by atoms with E-state index in [9.17, 15) is 0 Å². The number of nitrogens with one attached hydrogen (secondary N) is 3. The summed E-state index contributed by atoms with van der Waals surface area (Å²) in [5.74, 6) is 0. The van der Waals surface area contributed by atoms with Crippen molar-refractivity contribution in [1.29, 1.82) is 0 Å². The Balaban J connectivity index is 0.000000376. The Hall–Kier alpha value is -0.240. The van der Waals surface area contributed by atoms with Crippen LogP contribution in [-0.2, 0) is 4.74 Å². The van der Waals surface area contributed by atoms with E-state index in [0.717, 1.165) is 32.8 Å². The van der Waals surface area contributed by atoms with Crippen LogP contribution in [0.2, 0.25) is 0 Å². The third kappa shape index (κ3) is 27.8. The third-order valence-corrected chi connectivity index (χ3v) is 5.97. The number of piperidine rings is 2. The summed E-state index contributed by atoms with van der Waals surface area (Å²) in [5, 5.41) is 9.73. The average molecular weight is 458 g/mol. The highest BCUT2D eigenvalue weighted by molar-refractivity contribution is 4.66. The number of hydrogen-bond donors (Lipinski definition) is 5. The van der Waals surface area contributed by atoms with Crippen LogP contribution in [0.25, 0.3) is 0 Å². The first-order valence-electron chi connectivity index (χ1n) is 14.0. The fourth-order valence-electron chi connectivity index (χ4n) is 3.82. The molecule has 4 fully saturated rings. The first kappa shape index (κ1) is 31.8. The number of rotatable bonds is 4. The fraction of sp³-hybridized carbons (Fsp3) is 1.00. The van der Waals surface area contributed by atoms with Crippen LogP contribution in [0.4, 0.5) is 0 Å². The SMILES string of the molecule is C1CCNCC1.C1CCNCC1.C1COCCN1.CCCCCCN.NC1CCCCC1. The Bertz CT molecular complexity index is 248. The van der Waals surface area contributed by atoms with E-state index in [0.29, 0.717) is 6.04 Å². The quantitative estimate of drug-likeness (QED) is 0.410. The molecule has 32 heavy (non-hydrogen) atoms. The zero-order chi connectivity index (χ0) is 23.4. The van der Waals surface area contributed by atoms with Gasteiger partial charge in [-0.25, -0.2) is 0 Å². The zero-order valence-electron chi connectivity index (χ0n) is 21.6. The van der Waals surface area contributed by atoms with Gasteiger partial charge in [-0.05, 0) is 77.7 Å². The van der Waals surface area contributed by atoms with Gasteiger partial charge in [-0.3, -0.25) is 0 Å². The monoisotopic (exact) mass is 457 g/mol. The summed E-state index contributed by atoms with van der Waals surface area (Å²) in [6.07, 6.45) is 20.3. The molecule has 0 aromatic rings. The van der Waals surface area contributed by atoms with Crippen molar-refractivity contribution in [2.45, 2.75) is 109 Å². The lowest BCUT2D eigenvalue weighted by atomic mass is 9.97. The van der Waals surface area contributed by atoms with Gasteiger partial charge in [0.05, 0.1) is 13.2 Å². The molecule has 1 aliphatic carbocycles. The molecule has 4 rings (SSSR count). The number of nitrogens with two attached hydrogens (primary N) is 2. The lowest BCUT2D eigenvalue weighted by Crippen LogP contribution is -2.30.